The molecule has 0 saturated carbocycles. The van der Waals surface area contributed by atoms with Crippen LogP contribution in [0.15, 0.2) is 24.3 Å². The Morgan fingerprint density at radius 2 is 1.75 bits per heavy atom. The molecule has 0 atom stereocenters. The lowest BCUT2D eigenvalue weighted by Gasteiger charge is -2.09. The minimum absolute atomic E-state index is 0.199. The van der Waals surface area contributed by atoms with Gasteiger partial charge in [0.25, 0.3) is 0 Å². The Morgan fingerprint density at radius 1 is 1.12 bits per heavy atom. The monoisotopic (exact) mass is 233 g/mol. The number of rotatable bonds is 1. The van der Waals surface area contributed by atoms with Crippen molar-refractivity contribution in [3.63, 3.8) is 0 Å². The maximum Gasteiger partial charge on any atom is 0.221 e. The van der Waals surface area contributed by atoms with E-state index in [9.17, 15) is 0 Å². The summed E-state index contributed by atoms with van der Waals surface area (Å²) >= 11 is 5.87. The molecule has 16 heavy (non-hydrogen) atoms. The summed E-state index contributed by atoms with van der Waals surface area (Å²) in [5.41, 5.74) is 9.72. The summed E-state index contributed by atoms with van der Waals surface area (Å²) in [7, 11) is 0. The molecule has 0 aliphatic heterocycles. The summed E-state index contributed by atoms with van der Waals surface area (Å²) < 4.78 is 0. The lowest BCUT2D eigenvalue weighted by Crippen LogP contribution is -1.98. The smallest absolute Gasteiger partial charge is 0.221 e. The minimum atomic E-state index is 0.199. The SMILES string of the molecule is Cc1cccc(C)c1-c1cc(Cl)nc(N)n1. The molecule has 0 fully saturated rings. The van der Waals surface area contributed by atoms with Gasteiger partial charge < -0.3 is 5.73 Å². The highest BCUT2D eigenvalue weighted by molar-refractivity contribution is 6.29. The van der Waals surface area contributed by atoms with E-state index in [2.05, 4.69) is 9.97 Å². The van der Waals surface area contributed by atoms with Crippen LogP contribution in [0.4, 0.5) is 5.95 Å². The zero-order valence-electron chi connectivity index (χ0n) is 9.16. The number of aromatic nitrogens is 2. The van der Waals surface area contributed by atoms with Crippen LogP contribution in [0.5, 0.6) is 0 Å². The van der Waals surface area contributed by atoms with Crippen molar-refractivity contribution in [2.45, 2.75) is 13.8 Å². The number of hydrogen-bond donors (Lipinski definition) is 1. The molecule has 0 radical (unpaired) electrons. The van der Waals surface area contributed by atoms with Gasteiger partial charge in [0.05, 0.1) is 5.69 Å². The van der Waals surface area contributed by atoms with Crippen molar-refractivity contribution in [2.75, 3.05) is 5.73 Å². The Bertz CT molecular complexity index is 497. The van der Waals surface area contributed by atoms with Crippen molar-refractivity contribution in [3.8, 4) is 11.3 Å². The van der Waals surface area contributed by atoms with Crippen LogP contribution in [-0.2, 0) is 0 Å². The van der Waals surface area contributed by atoms with E-state index in [1.165, 1.54) is 0 Å². The van der Waals surface area contributed by atoms with Gasteiger partial charge in [-0.15, -0.1) is 0 Å². The van der Waals surface area contributed by atoms with Gasteiger partial charge in [-0.2, -0.15) is 0 Å². The lowest BCUT2D eigenvalue weighted by atomic mass is 10.00. The molecule has 2 N–H and O–H groups in total. The first-order valence-corrected chi connectivity index (χ1v) is 5.32. The highest BCUT2D eigenvalue weighted by Gasteiger charge is 2.08. The Balaban J connectivity index is 2.67. The summed E-state index contributed by atoms with van der Waals surface area (Å²) in [6.07, 6.45) is 0. The third-order valence-electron chi connectivity index (χ3n) is 2.45. The van der Waals surface area contributed by atoms with Crippen LogP contribution in [0.2, 0.25) is 5.15 Å². The molecule has 0 aliphatic rings. The van der Waals surface area contributed by atoms with E-state index in [1.807, 2.05) is 32.0 Å². The van der Waals surface area contributed by atoms with Crippen LogP contribution in [0.1, 0.15) is 11.1 Å². The second kappa shape index (κ2) is 4.10. The first-order chi connectivity index (χ1) is 7.58. The van der Waals surface area contributed by atoms with Gasteiger partial charge in [-0.05, 0) is 25.0 Å². The maximum absolute atomic E-state index is 5.87. The minimum Gasteiger partial charge on any atom is -0.368 e. The van der Waals surface area contributed by atoms with Gasteiger partial charge in [-0.1, -0.05) is 29.8 Å². The van der Waals surface area contributed by atoms with Crippen molar-refractivity contribution in [3.05, 3.63) is 40.5 Å². The first kappa shape index (κ1) is 10.9. The number of nitrogens with zero attached hydrogens (tertiary/aromatic N) is 2. The third-order valence-corrected chi connectivity index (χ3v) is 2.64. The summed E-state index contributed by atoms with van der Waals surface area (Å²) in [6, 6.07) is 7.82. The van der Waals surface area contributed by atoms with Crippen LogP contribution >= 0.6 is 11.6 Å². The third kappa shape index (κ3) is 1.99. The molecule has 82 valence electrons. The molecule has 0 saturated heterocycles. The fraction of sp³-hybridized carbons (Fsp3) is 0.167. The quantitative estimate of drug-likeness (QED) is 0.771. The molecule has 0 spiro atoms. The molecule has 1 heterocycles. The predicted molar refractivity (Wildman–Crippen MR) is 66.4 cm³/mol. The van der Waals surface area contributed by atoms with Gasteiger partial charge in [-0.3, -0.25) is 0 Å². The van der Waals surface area contributed by atoms with E-state index in [1.54, 1.807) is 6.07 Å². The number of halogens is 1. The molecule has 0 aliphatic carbocycles. The van der Waals surface area contributed by atoms with E-state index in [0.29, 0.717) is 5.15 Å². The highest BCUT2D eigenvalue weighted by Crippen LogP contribution is 2.27. The van der Waals surface area contributed by atoms with Gasteiger partial charge in [0.15, 0.2) is 0 Å². The Labute approximate surface area is 99.3 Å². The van der Waals surface area contributed by atoms with Crippen LogP contribution in [0, 0.1) is 13.8 Å². The molecule has 0 unspecified atom stereocenters. The van der Waals surface area contributed by atoms with Gasteiger partial charge in [0, 0.05) is 11.6 Å². The summed E-state index contributed by atoms with van der Waals surface area (Å²) in [5, 5.41) is 0.366. The highest BCUT2D eigenvalue weighted by atomic mass is 35.5. The molecule has 0 bridgehead atoms. The van der Waals surface area contributed by atoms with Crippen LogP contribution in [0.3, 0.4) is 0 Å². The van der Waals surface area contributed by atoms with Crippen molar-refractivity contribution in [1.29, 1.82) is 0 Å². The fourth-order valence-electron chi connectivity index (χ4n) is 1.78. The zero-order chi connectivity index (χ0) is 11.7. The first-order valence-electron chi connectivity index (χ1n) is 4.94. The van der Waals surface area contributed by atoms with Gasteiger partial charge in [0.1, 0.15) is 5.15 Å². The van der Waals surface area contributed by atoms with Gasteiger partial charge >= 0.3 is 0 Å². The number of aryl methyl sites for hydroxylation is 2. The molecule has 1 aromatic carbocycles. The van der Waals surface area contributed by atoms with Gasteiger partial charge in [-0.25, -0.2) is 9.97 Å². The van der Waals surface area contributed by atoms with Crippen LogP contribution in [-0.4, -0.2) is 9.97 Å². The largest absolute Gasteiger partial charge is 0.368 e. The average Bonchev–Trinajstić information content (AvgIpc) is 2.15. The molecular formula is C12H12ClN3. The van der Waals surface area contributed by atoms with E-state index in [4.69, 9.17) is 17.3 Å². The van der Waals surface area contributed by atoms with E-state index < -0.39 is 0 Å². The molecule has 0 amide bonds. The molecule has 2 aromatic rings. The molecule has 1 aromatic heterocycles. The van der Waals surface area contributed by atoms with Crippen LogP contribution < -0.4 is 5.73 Å². The summed E-state index contributed by atoms with van der Waals surface area (Å²) in [6.45, 7) is 4.07. The number of nitrogen functional groups attached to an aromatic ring is 1. The molecule has 2 rings (SSSR count). The van der Waals surface area contributed by atoms with Crippen molar-refractivity contribution < 1.29 is 0 Å². The normalized spacial score (nSPS) is 10.4. The van der Waals surface area contributed by atoms with Crippen LogP contribution in [0.25, 0.3) is 11.3 Å². The fourth-order valence-corrected chi connectivity index (χ4v) is 1.97. The maximum atomic E-state index is 5.87. The number of hydrogen-bond acceptors (Lipinski definition) is 3. The predicted octanol–water partition coefficient (Wildman–Crippen LogP) is 3.00. The van der Waals surface area contributed by atoms with Gasteiger partial charge in [0.2, 0.25) is 5.95 Å². The van der Waals surface area contributed by atoms with Crippen molar-refractivity contribution in [2.24, 2.45) is 0 Å². The Hall–Kier alpha value is -1.61. The average molecular weight is 234 g/mol. The second-order valence-corrected chi connectivity index (χ2v) is 4.09. The number of benzene rings is 1. The molecular weight excluding hydrogens is 222 g/mol. The van der Waals surface area contributed by atoms with E-state index in [0.717, 1.165) is 22.4 Å². The number of nitrogens with two attached hydrogens (primary N) is 1. The van der Waals surface area contributed by atoms with Crippen molar-refractivity contribution in [1.82, 2.24) is 9.97 Å². The second-order valence-electron chi connectivity index (χ2n) is 3.70. The summed E-state index contributed by atoms with van der Waals surface area (Å²) in [5.74, 6) is 0.199. The standard InChI is InChI=1S/C12H12ClN3/c1-7-4-3-5-8(2)11(7)9-6-10(13)16-12(14)15-9/h3-6H,1-2H3,(H2,14,15,16). The van der Waals surface area contributed by atoms with E-state index >= 15 is 0 Å². The van der Waals surface area contributed by atoms with Crippen molar-refractivity contribution >= 4 is 17.5 Å². The molecule has 4 heteroatoms. The Morgan fingerprint density at radius 3 is 2.31 bits per heavy atom. The number of anilines is 1. The molecule has 3 nitrogen and oxygen atoms in total. The Kier molecular flexibility index (Phi) is 2.79. The zero-order valence-corrected chi connectivity index (χ0v) is 9.92. The lowest BCUT2D eigenvalue weighted by molar-refractivity contribution is 1.18. The topological polar surface area (TPSA) is 51.8 Å². The van der Waals surface area contributed by atoms with E-state index in [-0.39, 0.29) is 5.95 Å². The summed E-state index contributed by atoms with van der Waals surface area (Å²) in [4.78, 5) is 8.06.